The summed E-state index contributed by atoms with van der Waals surface area (Å²) in [6, 6.07) is 26.0. The normalized spacial score (nSPS) is 11.9. The molecule has 6 aromatic carbocycles. The largest absolute Gasteiger partial charge is 0.252 e. The molecule has 0 N–H and O–H groups in total. The minimum atomic E-state index is 0.560. The first-order valence-electron chi connectivity index (χ1n) is 16.6. The molecule has 0 unspecified atom stereocenters. The van der Waals surface area contributed by atoms with Gasteiger partial charge in [-0.05, 0) is 96.5 Å². The molecule has 0 spiro atoms. The fourth-order valence-corrected chi connectivity index (χ4v) is 7.45. The molecule has 0 fully saturated rings. The van der Waals surface area contributed by atoms with E-state index in [1.54, 1.807) is 0 Å². The van der Waals surface area contributed by atoms with Crippen LogP contribution in [-0.2, 0) is 12.8 Å². The Morgan fingerprint density at radius 2 is 0.812 bits per heavy atom. The molecule has 8 aromatic rings. The molecule has 0 saturated carbocycles. The summed E-state index contributed by atoms with van der Waals surface area (Å²) in [5.74, 6) is 1.14. The summed E-state index contributed by atoms with van der Waals surface area (Å²) in [5.41, 5.74) is 8.62. The predicted octanol–water partition coefficient (Wildman–Crippen LogP) is 12.4. The van der Waals surface area contributed by atoms with Crippen LogP contribution < -0.4 is 0 Å². The van der Waals surface area contributed by atoms with Crippen molar-refractivity contribution in [2.75, 3.05) is 0 Å². The molecule has 0 bridgehead atoms. The van der Waals surface area contributed by atoms with E-state index in [0.717, 1.165) is 66.0 Å². The van der Waals surface area contributed by atoms with Gasteiger partial charge in [0.15, 0.2) is 0 Å². The SMILES string of the molecule is CC(C)Cc1cnc2c3cc(Br)ccc3c3ccc(Br)cc3c2n1.Cc1ccc2c3ccc(C)cc3c3nc(CC(C)C)cnc3c2c1. The summed E-state index contributed by atoms with van der Waals surface area (Å²) in [4.78, 5) is 19.6. The number of aromatic nitrogens is 4. The second-order valence-electron chi connectivity index (χ2n) is 13.8. The van der Waals surface area contributed by atoms with Gasteiger partial charge < -0.3 is 0 Å². The highest BCUT2D eigenvalue weighted by atomic mass is 79.9. The third-order valence-corrected chi connectivity index (χ3v) is 9.78. The number of fused-ring (bicyclic) bond motifs is 12. The van der Waals surface area contributed by atoms with Crippen molar-refractivity contribution < 1.29 is 0 Å². The topological polar surface area (TPSA) is 51.6 Å². The van der Waals surface area contributed by atoms with Crippen molar-refractivity contribution in [3.8, 4) is 0 Å². The summed E-state index contributed by atoms with van der Waals surface area (Å²) in [7, 11) is 0. The van der Waals surface area contributed by atoms with Gasteiger partial charge in [0.1, 0.15) is 0 Å². The molecule has 0 aliphatic carbocycles. The number of halogens is 2. The van der Waals surface area contributed by atoms with E-state index >= 15 is 0 Å². The molecule has 4 nitrogen and oxygen atoms in total. The van der Waals surface area contributed by atoms with Gasteiger partial charge in [0.05, 0.1) is 33.5 Å². The third kappa shape index (κ3) is 6.28. The molecule has 2 aromatic heterocycles. The molecule has 0 amide bonds. The molecule has 240 valence electrons. The lowest BCUT2D eigenvalue weighted by atomic mass is 9.96. The third-order valence-electron chi connectivity index (χ3n) is 8.79. The van der Waals surface area contributed by atoms with Gasteiger partial charge in [0.2, 0.25) is 0 Å². The van der Waals surface area contributed by atoms with Gasteiger partial charge in [-0.15, -0.1) is 0 Å². The summed E-state index contributed by atoms with van der Waals surface area (Å²) in [6.07, 6.45) is 5.77. The first-order valence-corrected chi connectivity index (χ1v) is 18.2. The van der Waals surface area contributed by atoms with Crippen molar-refractivity contribution in [2.24, 2.45) is 11.8 Å². The molecule has 48 heavy (non-hydrogen) atoms. The van der Waals surface area contributed by atoms with Gasteiger partial charge >= 0.3 is 0 Å². The van der Waals surface area contributed by atoms with Gasteiger partial charge in [-0.25, -0.2) is 9.97 Å². The molecule has 0 aliphatic heterocycles. The zero-order valence-corrected chi connectivity index (χ0v) is 31.4. The van der Waals surface area contributed by atoms with Gasteiger partial charge in [-0.3, -0.25) is 9.97 Å². The molecule has 0 saturated heterocycles. The maximum absolute atomic E-state index is 5.00. The van der Waals surface area contributed by atoms with Crippen molar-refractivity contribution in [3.05, 3.63) is 117 Å². The quantitative estimate of drug-likeness (QED) is 0.168. The van der Waals surface area contributed by atoms with Crippen LogP contribution in [0.4, 0.5) is 0 Å². The Bertz CT molecular complexity index is 2340. The average Bonchev–Trinajstić information content (AvgIpc) is 3.04. The number of aryl methyl sites for hydroxylation is 2. The zero-order valence-electron chi connectivity index (χ0n) is 28.2. The summed E-state index contributed by atoms with van der Waals surface area (Å²) in [5, 5.41) is 9.63. The van der Waals surface area contributed by atoms with E-state index < -0.39 is 0 Å². The van der Waals surface area contributed by atoms with Gasteiger partial charge in [-0.2, -0.15) is 0 Å². The van der Waals surface area contributed by atoms with Crippen molar-refractivity contribution >= 4 is 97.0 Å². The second-order valence-corrected chi connectivity index (χ2v) is 15.6. The molecular formula is C42H38Br2N4. The summed E-state index contributed by atoms with van der Waals surface area (Å²) in [6.45, 7) is 13.1. The maximum atomic E-state index is 5.00. The Balaban J connectivity index is 0.000000152. The van der Waals surface area contributed by atoms with Crippen LogP contribution in [0.3, 0.4) is 0 Å². The van der Waals surface area contributed by atoms with Crippen molar-refractivity contribution in [2.45, 2.75) is 54.4 Å². The lowest BCUT2D eigenvalue weighted by Gasteiger charge is -2.12. The van der Waals surface area contributed by atoms with Gasteiger partial charge in [0.25, 0.3) is 0 Å². The standard InChI is InChI=1S/C22H22N2.C20H16Br2N2/c1-13(2)9-16-12-23-21-19-10-14(3)5-7-17(19)18-8-6-15(4)11-20(18)22(21)24-16;1-11(2)7-14-10-23-19-17-8-12(21)3-5-15(17)16-6-4-13(22)9-18(16)20(19)24-14/h5-8,10-13H,9H2,1-4H3;3-6,8-11H,7H2,1-2H3. The van der Waals surface area contributed by atoms with Crippen LogP contribution in [0.5, 0.6) is 0 Å². The lowest BCUT2D eigenvalue weighted by Crippen LogP contribution is -2.00. The Kier molecular flexibility index (Phi) is 8.90. The second kappa shape index (κ2) is 13.1. The fourth-order valence-electron chi connectivity index (χ4n) is 6.73. The average molecular weight is 759 g/mol. The molecule has 0 aliphatic rings. The van der Waals surface area contributed by atoms with Crippen LogP contribution in [0.2, 0.25) is 0 Å². The number of benzene rings is 6. The van der Waals surface area contributed by atoms with Crippen LogP contribution in [0, 0.1) is 25.7 Å². The Morgan fingerprint density at radius 1 is 0.458 bits per heavy atom. The van der Waals surface area contributed by atoms with Crippen LogP contribution >= 0.6 is 31.9 Å². The van der Waals surface area contributed by atoms with Crippen LogP contribution in [0.25, 0.3) is 65.2 Å². The van der Waals surface area contributed by atoms with E-state index in [0.29, 0.717) is 11.8 Å². The summed E-state index contributed by atoms with van der Waals surface area (Å²) >= 11 is 7.18. The number of hydrogen-bond donors (Lipinski definition) is 0. The molecular weight excluding hydrogens is 720 g/mol. The summed E-state index contributed by atoms with van der Waals surface area (Å²) < 4.78 is 2.12. The molecule has 8 rings (SSSR count). The molecule has 2 heterocycles. The Hall–Kier alpha value is -4.00. The highest BCUT2D eigenvalue weighted by molar-refractivity contribution is 9.10. The minimum absolute atomic E-state index is 0.560. The Labute approximate surface area is 298 Å². The first kappa shape index (κ1) is 32.5. The lowest BCUT2D eigenvalue weighted by molar-refractivity contribution is 0.635. The van der Waals surface area contributed by atoms with Crippen LogP contribution in [0.1, 0.15) is 50.2 Å². The Morgan fingerprint density at radius 3 is 1.23 bits per heavy atom. The van der Waals surface area contributed by atoms with E-state index in [-0.39, 0.29) is 0 Å². The highest BCUT2D eigenvalue weighted by Gasteiger charge is 2.14. The molecule has 0 atom stereocenters. The first-order chi connectivity index (χ1) is 23.0. The van der Waals surface area contributed by atoms with E-state index in [4.69, 9.17) is 19.9 Å². The zero-order chi connectivity index (χ0) is 33.7. The monoisotopic (exact) mass is 756 g/mol. The molecule has 0 radical (unpaired) electrons. The van der Waals surface area contributed by atoms with Crippen molar-refractivity contribution in [1.82, 2.24) is 19.9 Å². The highest BCUT2D eigenvalue weighted by Crippen LogP contribution is 2.37. The van der Waals surface area contributed by atoms with E-state index in [1.807, 2.05) is 12.4 Å². The van der Waals surface area contributed by atoms with Crippen LogP contribution in [0.15, 0.2) is 94.1 Å². The minimum Gasteiger partial charge on any atom is -0.252 e. The number of nitrogens with zero attached hydrogens (tertiary/aromatic N) is 4. The molecule has 6 heteroatoms. The van der Waals surface area contributed by atoms with Gasteiger partial charge in [-0.1, -0.05) is 107 Å². The van der Waals surface area contributed by atoms with E-state index in [2.05, 4.69) is 146 Å². The number of rotatable bonds is 4. The predicted molar refractivity (Wildman–Crippen MR) is 211 cm³/mol. The van der Waals surface area contributed by atoms with E-state index in [1.165, 1.54) is 43.4 Å². The smallest absolute Gasteiger partial charge is 0.0975 e. The number of hydrogen-bond acceptors (Lipinski definition) is 4. The van der Waals surface area contributed by atoms with E-state index in [9.17, 15) is 0 Å². The van der Waals surface area contributed by atoms with Crippen LogP contribution in [-0.4, -0.2) is 19.9 Å². The fraction of sp³-hybridized carbons (Fsp3) is 0.238. The van der Waals surface area contributed by atoms with Crippen molar-refractivity contribution in [3.63, 3.8) is 0 Å². The van der Waals surface area contributed by atoms with Crippen molar-refractivity contribution in [1.29, 1.82) is 0 Å². The maximum Gasteiger partial charge on any atom is 0.0975 e. The van der Waals surface area contributed by atoms with Gasteiger partial charge in [0, 0.05) is 42.9 Å².